The molecule has 10 heteroatoms. The SMILES string of the molecule is CCNC(=NCCc1nnc2ccccn12)NC1CCN(c2c(F)cccc2F)C1.I. The Labute approximate surface area is 197 Å². The van der Waals surface area contributed by atoms with Crippen LogP contribution in [0.25, 0.3) is 5.65 Å². The summed E-state index contributed by atoms with van der Waals surface area (Å²) in [5, 5.41) is 15.0. The van der Waals surface area contributed by atoms with E-state index < -0.39 is 11.6 Å². The molecule has 3 aromatic rings. The second kappa shape index (κ2) is 10.7. The second-order valence-corrected chi connectivity index (χ2v) is 7.20. The minimum absolute atomic E-state index is 0. The summed E-state index contributed by atoms with van der Waals surface area (Å²) in [6.07, 6.45) is 3.36. The van der Waals surface area contributed by atoms with Crippen LogP contribution in [0.4, 0.5) is 14.5 Å². The number of anilines is 1. The van der Waals surface area contributed by atoms with Crippen LogP contribution in [0.3, 0.4) is 0 Å². The minimum Gasteiger partial charge on any atom is -0.365 e. The van der Waals surface area contributed by atoms with Crippen LogP contribution in [-0.4, -0.2) is 52.8 Å². The molecule has 1 aliphatic heterocycles. The third-order valence-electron chi connectivity index (χ3n) is 5.12. The monoisotopic (exact) mass is 541 g/mol. The van der Waals surface area contributed by atoms with Gasteiger partial charge >= 0.3 is 0 Å². The van der Waals surface area contributed by atoms with Crippen LogP contribution in [0.15, 0.2) is 47.6 Å². The molecule has 0 radical (unpaired) electrons. The van der Waals surface area contributed by atoms with Gasteiger partial charge in [0, 0.05) is 44.8 Å². The van der Waals surface area contributed by atoms with E-state index in [1.165, 1.54) is 18.2 Å². The lowest BCUT2D eigenvalue weighted by molar-refractivity contribution is 0.576. The third-order valence-corrected chi connectivity index (χ3v) is 5.12. The predicted octanol–water partition coefficient (Wildman–Crippen LogP) is 3.00. The average Bonchev–Trinajstić information content (AvgIpc) is 3.35. The molecule has 1 unspecified atom stereocenters. The molecule has 0 saturated carbocycles. The van der Waals surface area contributed by atoms with Crippen LogP contribution < -0.4 is 15.5 Å². The van der Waals surface area contributed by atoms with Crippen molar-refractivity contribution in [2.24, 2.45) is 4.99 Å². The van der Waals surface area contributed by atoms with E-state index in [-0.39, 0.29) is 35.7 Å². The number of fused-ring (bicyclic) bond motifs is 1. The molecule has 1 fully saturated rings. The second-order valence-electron chi connectivity index (χ2n) is 7.20. The van der Waals surface area contributed by atoms with Gasteiger partial charge in [-0.05, 0) is 37.6 Å². The molecule has 1 atom stereocenters. The summed E-state index contributed by atoms with van der Waals surface area (Å²) in [6.45, 7) is 4.36. The number of rotatable bonds is 6. The summed E-state index contributed by atoms with van der Waals surface area (Å²) in [7, 11) is 0. The van der Waals surface area contributed by atoms with E-state index in [2.05, 4.69) is 25.8 Å². The molecular formula is C21H26F2IN7. The van der Waals surface area contributed by atoms with Gasteiger partial charge in [0.05, 0.1) is 0 Å². The van der Waals surface area contributed by atoms with Crippen molar-refractivity contribution in [3.8, 4) is 0 Å². The molecule has 0 amide bonds. The number of hydrogen-bond donors (Lipinski definition) is 2. The Balaban J connectivity index is 0.00000272. The Morgan fingerprint density at radius 1 is 1.16 bits per heavy atom. The molecule has 7 nitrogen and oxygen atoms in total. The third kappa shape index (κ3) is 5.41. The van der Waals surface area contributed by atoms with Crippen molar-refractivity contribution in [3.63, 3.8) is 0 Å². The largest absolute Gasteiger partial charge is 0.365 e. The van der Waals surface area contributed by atoms with Crippen LogP contribution in [0.5, 0.6) is 0 Å². The smallest absolute Gasteiger partial charge is 0.191 e. The molecule has 2 N–H and O–H groups in total. The van der Waals surface area contributed by atoms with Crippen molar-refractivity contribution in [2.45, 2.75) is 25.8 Å². The van der Waals surface area contributed by atoms with E-state index in [0.717, 1.165) is 24.4 Å². The van der Waals surface area contributed by atoms with Crippen molar-refractivity contribution in [2.75, 3.05) is 31.1 Å². The Kier molecular flexibility index (Phi) is 7.99. The number of para-hydroxylation sites is 1. The maximum atomic E-state index is 14.1. The van der Waals surface area contributed by atoms with Gasteiger partial charge in [-0.15, -0.1) is 34.2 Å². The van der Waals surface area contributed by atoms with Gasteiger partial charge in [-0.2, -0.15) is 0 Å². The maximum absolute atomic E-state index is 14.1. The quantitative estimate of drug-likeness (QED) is 0.286. The zero-order chi connectivity index (χ0) is 20.9. The van der Waals surface area contributed by atoms with Crippen LogP contribution in [-0.2, 0) is 6.42 Å². The van der Waals surface area contributed by atoms with Crippen LogP contribution in [0, 0.1) is 11.6 Å². The fraction of sp³-hybridized carbons (Fsp3) is 0.381. The summed E-state index contributed by atoms with van der Waals surface area (Å²) in [6, 6.07) is 9.80. The Morgan fingerprint density at radius 3 is 2.74 bits per heavy atom. The lowest BCUT2D eigenvalue weighted by atomic mass is 10.2. The first-order valence-electron chi connectivity index (χ1n) is 10.2. The number of guanidine groups is 1. The van der Waals surface area contributed by atoms with Crippen molar-refractivity contribution < 1.29 is 8.78 Å². The number of aliphatic imine (C=N–C) groups is 1. The molecule has 0 aliphatic carbocycles. The van der Waals surface area contributed by atoms with Crippen LogP contribution in [0.2, 0.25) is 0 Å². The van der Waals surface area contributed by atoms with Crippen LogP contribution in [0.1, 0.15) is 19.2 Å². The topological polar surface area (TPSA) is 69.8 Å². The molecule has 1 aliphatic rings. The Hall–Kier alpha value is -2.50. The predicted molar refractivity (Wildman–Crippen MR) is 128 cm³/mol. The van der Waals surface area contributed by atoms with Gasteiger partial charge in [-0.3, -0.25) is 9.39 Å². The van der Waals surface area contributed by atoms with Gasteiger partial charge in [0.2, 0.25) is 0 Å². The van der Waals surface area contributed by atoms with Gasteiger partial charge in [-0.1, -0.05) is 12.1 Å². The lowest BCUT2D eigenvalue weighted by Crippen LogP contribution is -2.44. The summed E-state index contributed by atoms with van der Waals surface area (Å²) in [4.78, 5) is 6.38. The number of aromatic nitrogens is 3. The van der Waals surface area contributed by atoms with Gasteiger partial charge in [0.15, 0.2) is 11.6 Å². The van der Waals surface area contributed by atoms with Gasteiger partial charge in [0.25, 0.3) is 0 Å². The number of hydrogen-bond acceptors (Lipinski definition) is 4. The number of pyridine rings is 1. The highest BCUT2D eigenvalue weighted by atomic mass is 127. The van der Waals surface area contributed by atoms with Crippen LogP contribution >= 0.6 is 24.0 Å². The molecule has 3 heterocycles. The van der Waals surface area contributed by atoms with Crippen molar-refractivity contribution in [3.05, 3.63) is 60.1 Å². The molecule has 1 aromatic carbocycles. The van der Waals surface area contributed by atoms with Gasteiger partial charge in [0.1, 0.15) is 23.1 Å². The highest BCUT2D eigenvalue weighted by Crippen LogP contribution is 2.26. The molecule has 0 spiro atoms. The fourth-order valence-corrected chi connectivity index (χ4v) is 3.71. The summed E-state index contributed by atoms with van der Waals surface area (Å²) >= 11 is 0. The summed E-state index contributed by atoms with van der Waals surface area (Å²) < 4.78 is 30.1. The first-order valence-corrected chi connectivity index (χ1v) is 10.2. The normalized spacial score (nSPS) is 16.4. The van der Waals surface area contributed by atoms with Crippen molar-refractivity contribution in [1.29, 1.82) is 0 Å². The molecular weight excluding hydrogens is 515 g/mol. The average molecular weight is 541 g/mol. The van der Waals surface area contributed by atoms with E-state index in [4.69, 9.17) is 0 Å². The minimum atomic E-state index is -0.531. The Bertz CT molecular complexity index is 1020. The van der Waals surface area contributed by atoms with E-state index in [9.17, 15) is 8.78 Å². The number of nitrogens with one attached hydrogen (secondary N) is 2. The van der Waals surface area contributed by atoms with Crippen molar-refractivity contribution in [1.82, 2.24) is 25.2 Å². The first kappa shape index (κ1) is 23.2. The van der Waals surface area contributed by atoms with E-state index in [0.29, 0.717) is 32.0 Å². The van der Waals surface area contributed by atoms with E-state index in [1.54, 1.807) is 4.90 Å². The molecule has 166 valence electrons. The zero-order valence-electron chi connectivity index (χ0n) is 17.3. The van der Waals surface area contributed by atoms with Gasteiger partial charge < -0.3 is 15.5 Å². The summed E-state index contributed by atoms with van der Waals surface area (Å²) in [5.74, 6) is 0.480. The first-order chi connectivity index (χ1) is 14.7. The highest BCUT2D eigenvalue weighted by Gasteiger charge is 2.27. The lowest BCUT2D eigenvalue weighted by Gasteiger charge is -2.21. The fourth-order valence-electron chi connectivity index (χ4n) is 3.71. The van der Waals surface area contributed by atoms with Gasteiger partial charge in [-0.25, -0.2) is 8.78 Å². The number of nitrogens with zero attached hydrogens (tertiary/aromatic N) is 5. The number of halogens is 3. The molecule has 1 saturated heterocycles. The van der Waals surface area contributed by atoms with E-state index in [1.807, 2.05) is 35.7 Å². The highest BCUT2D eigenvalue weighted by molar-refractivity contribution is 14.0. The molecule has 4 rings (SSSR count). The molecule has 0 bridgehead atoms. The standard InChI is InChI=1S/C21H25F2N7.HI/c1-2-24-21(25-11-9-19-28-27-18-8-3-4-12-30(18)19)26-15-10-13-29(14-15)20-16(22)6-5-7-17(20)23;/h3-8,12,15H,2,9-11,13-14H2,1H3,(H2,24,25,26);1H. The zero-order valence-corrected chi connectivity index (χ0v) is 19.6. The maximum Gasteiger partial charge on any atom is 0.191 e. The van der Waals surface area contributed by atoms with E-state index >= 15 is 0 Å². The number of benzene rings is 1. The summed E-state index contributed by atoms with van der Waals surface area (Å²) in [5.41, 5.74) is 0.857. The Morgan fingerprint density at radius 2 is 1.97 bits per heavy atom. The molecule has 2 aromatic heterocycles. The molecule has 31 heavy (non-hydrogen) atoms. The van der Waals surface area contributed by atoms with Crippen molar-refractivity contribution >= 4 is 41.3 Å².